The van der Waals surface area contributed by atoms with E-state index in [0.717, 1.165) is 32.5 Å². The van der Waals surface area contributed by atoms with Gasteiger partial charge in [0.2, 0.25) is 0 Å². The highest BCUT2D eigenvalue weighted by molar-refractivity contribution is 6.87. The summed E-state index contributed by atoms with van der Waals surface area (Å²) in [5, 5.41) is 9.60. The second kappa shape index (κ2) is 15.2. The highest BCUT2D eigenvalue weighted by atomic mass is 28.4. The van der Waals surface area contributed by atoms with E-state index in [4.69, 9.17) is 14.0 Å². The summed E-state index contributed by atoms with van der Waals surface area (Å²) < 4.78 is 12.7. The Kier molecular flexibility index (Phi) is 13.3. The molecule has 1 unspecified atom stereocenters. The van der Waals surface area contributed by atoms with Gasteiger partial charge in [-0.2, -0.15) is 0 Å². The molecule has 1 N–H and O–H groups in total. The molecule has 1 aliphatic rings. The highest BCUT2D eigenvalue weighted by Gasteiger charge is 2.51. The molecule has 0 amide bonds. The summed E-state index contributed by atoms with van der Waals surface area (Å²) in [6, 6.07) is 19.5. The summed E-state index contributed by atoms with van der Waals surface area (Å²) in [6.07, 6.45) is 5.34. The van der Waals surface area contributed by atoms with Gasteiger partial charge in [-0.05, 0) is 96.9 Å². The summed E-state index contributed by atoms with van der Waals surface area (Å²) in [6.45, 7) is 30.5. The van der Waals surface area contributed by atoms with Crippen LogP contribution in [0, 0.1) is 11.8 Å². The lowest BCUT2D eigenvalue weighted by Gasteiger charge is -2.52. The number of ether oxygens (including phenoxy) is 1. The van der Waals surface area contributed by atoms with Crippen molar-refractivity contribution >= 4 is 16.6 Å². The Morgan fingerprint density at radius 1 is 0.786 bits per heavy atom. The summed E-state index contributed by atoms with van der Waals surface area (Å²) in [5.41, 5.74) is 4.23. The van der Waals surface area contributed by atoms with Gasteiger partial charge in [0.25, 0.3) is 0 Å². The molecule has 1 aliphatic heterocycles. The summed E-state index contributed by atoms with van der Waals surface area (Å²) in [5.74, 6) is 1.34. The minimum atomic E-state index is -1.72. The maximum atomic E-state index is 8.98. The van der Waals surface area contributed by atoms with Gasteiger partial charge in [-0.25, -0.2) is 0 Å². The van der Waals surface area contributed by atoms with Crippen LogP contribution in [0.4, 0.5) is 0 Å². The van der Waals surface area contributed by atoms with E-state index >= 15 is 0 Å². The maximum Gasteiger partial charge on any atom is 0.179 e. The molecule has 42 heavy (non-hydrogen) atoms. The van der Waals surface area contributed by atoms with Crippen molar-refractivity contribution in [3.63, 3.8) is 0 Å². The molecule has 2 aromatic carbocycles. The Labute approximate surface area is 262 Å². The van der Waals surface area contributed by atoms with E-state index in [-0.39, 0.29) is 12.0 Å². The fourth-order valence-electron chi connectivity index (χ4n) is 5.89. The van der Waals surface area contributed by atoms with Crippen LogP contribution in [0.5, 0.6) is 0 Å². The molecule has 0 saturated carbocycles. The van der Waals surface area contributed by atoms with Gasteiger partial charge in [0, 0.05) is 18.6 Å². The first-order valence-electron chi connectivity index (χ1n) is 16.4. The third kappa shape index (κ3) is 9.14. The van der Waals surface area contributed by atoms with Crippen LogP contribution in [-0.4, -0.2) is 41.6 Å². The highest BCUT2D eigenvalue weighted by Crippen LogP contribution is 2.51. The van der Waals surface area contributed by atoms with Crippen molar-refractivity contribution in [2.75, 3.05) is 19.8 Å². The fraction of sp³-hybridized carbons (Fsp3) is 0.676. The van der Waals surface area contributed by atoms with Gasteiger partial charge in [-0.15, -0.1) is 0 Å². The lowest BCUT2D eigenvalue weighted by atomic mass is 9.75. The zero-order chi connectivity index (χ0) is 31.8. The number of benzene rings is 2. The second-order valence-electron chi connectivity index (χ2n) is 15.5. The van der Waals surface area contributed by atoms with Crippen LogP contribution in [-0.2, 0) is 27.1 Å². The van der Waals surface area contributed by atoms with E-state index in [1.54, 1.807) is 0 Å². The molecule has 1 saturated heterocycles. The Morgan fingerprint density at radius 2 is 1.26 bits per heavy atom. The topological polar surface area (TPSA) is 38.7 Å². The third-order valence-electron chi connectivity index (χ3n) is 11.5. The van der Waals surface area contributed by atoms with Crippen molar-refractivity contribution in [2.45, 2.75) is 129 Å². The van der Waals surface area contributed by atoms with Crippen LogP contribution in [0.2, 0.25) is 36.3 Å². The minimum Gasteiger partial charge on any atom is -0.455 e. The minimum absolute atomic E-state index is 0.206. The van der Waals surface area contributed by atoms with Crippen LogP contribution in [0.3, 0.4) is 0 Å². The maximum absolute atomic E-state index is 8.98. The monoisotopic (exact) mass is 612 g/mol. The number of aryl methyl sites for hydroxylation is 1. The van der Waals surface area contributed by atoms with E-state index in [2.05, 4.69) is 136 Å². The largest absolute Gasteiger partial charge is 0.455 e. The SMILES string of the molecule is CC(C)C(C)(C)[Si](C)(C)O[Si](C)(C)C(C)(C)C(C)C.OCCc1ccc(CCCC2(c3ccccc3)CCOC2)cc1. The molecule has 0 spiro atoms. The van der Waals surface area contributed by atoms with E-state index in [9.17, 15) is 0 Å². The van der Waals surface area contributed by atoms with Gasteiger partial charge in [0.1, 0.15) is 0 Å². The molecule has 1 fully saturated rings. The summed E-state index contributed by atoms with van der Waals surface area (Å²) in [7, 11) is -3.45. The first kappa shape index (κ1) is 36.9. The van der Waals surface area contributed by atoms with E-state index < -0.39 is 16.6 Å². The van der Waals surface area contributed by atoms with Gasteiger partial charge >= 0.3 is 0 Å². The number of aliphatic hydroxyl groups is 1. The van der Waals surface area contributed by atoms with Gasteiger partial charge in [0.05, 0.1) is 6.61 Å². The van der Waals surface area contributed by atoms with Crippen molar-refractivity contribution < 1.29 is 14.0 Å². The summed E-state index contributed by atoms with van der Waals surface area (Å²) in [4.78, 5) is 0. The van der Waals surface area contributed by atoms with E-state index in [1.807, 2.05) is 0 Å². The molecule has 0 radical (unpaired) electrons. The van der Waals surface area contributed by atoms with Crippen molar-refractivity contribution in [1.29, 1.82) is 0 Å². The predicted octanol–water partition coefficient (Wildman–Crippen LogP) is 10.2. The molecule has 1 atom stereocenters. The second-order valence-corrected chi connectivity index (χ2v) is 24.9. The Morgan fingerprint density at radius 3 is 1.67 bits per heavy atom. The van der Waals surface area contributed by atoms with Crippen molar-refractivity contribution in [1.82, 2.24) is 0 Å². The lowest BCUT2D eigenvalue weighted by Crippen LogP contribution is -2.57. The van der Waals surface area contributed by atoms with Crippen LogP contribution in [0.25, 0.3) is 0 Å². The molecular formula is C37H64O3Si2. The predicted molar refractivity (Wildman–Crippen MR) is 188 cm³/mol. The number of hydrogen-bond donors (Lipinski definition) is 1. The summed E-state index contributed by atoms with van der Waals surface area (Å²) >= 11 is 0. The third-order valence-corrected chi connectivity index (χ3v) is 23.0. The molecule has 0 aromatic heterocycles. The molecule has 3 nitrogen and oxygen atoms in total. The van der Waals surface area contributed by atoms with Gasteiger partial charge in [0.15, 0.2) is 16.6 Å². The average Bonchev–Trinajstić information content (AvgIpc) is 3.40. The first-order valence-corrected chi connectivity index (χ1v) is 22.3. The molecule has 2 aromatic rings. The van der Waals surface area contributed by atoms with Crippen molar-refractivity contribution in [3.8, 4) is 0 Å². The molecular weight excluding hydrogens is 549 g/mol. The quantitative estimate of drug-likeness (QED) is 0.229. The molecule has 3 rings (SSSR count). The number of hydrogen-bond acceptors (Lipinski definition) is 3. The Bertz CT molecular complexity index is 1020. The van der Waals surface area contributed by atoms with Crippen LogP contribution >= 0.6 is 0 Å². The standard InChI is InChI=1S/C21H26O2.C16H38OSi2/c22-15-12-19-10-8-18(9-11-19)5-4-13-21(14-16-23-17-21)20-6-2-1-3-7-20;1-13(2)15(5,6)18(9,10)17-19(11,12)16(7,8)14(3)4/h1-3,6-11,22H,4-5,12-17H2;13-14H,1-12H3. The Hall–Kier alpha value is -1.25. The normalized spacial score (nSPS) is 18.4. The first-order chi connectivity index (χ1) is 19.4. The molecule has 0 aliphatic carbocycles. The van der Waals surface area contributed by atoms with Crippen molar-refractivity contribution in [3.05, 3.63) is 71.3 Å². The van der Waals surface area contributed by atoms with Crippen LogP contribution in [0.15, 0.2) is 54.6 Å². The smallest absolute Gasteiger partial charge is 0.179 e. The molecule has 0 bridgehead atoms. The van der Waals surface area contributed by atoms with Crippen LogP contribution < -0.4 is 0 Å². The number of aliphatic hydroxyl groups excluding tert-OH is 1. The number of rotatable bonds is 13. The molecule has 1 heterocycles. The van der Waals surface area contributed by atoms with Gasteiger partial charge < -0.3 is 14.0 Å². The average molecular weight is 613 g/mol. The van der Waals surface area contributed by atoms with Crippen LogP contribution in [0.1, 0.15) is 91.3 Å². The van der Waals surface area contributed by atoms with Crippen molar-refractivity contribution in [2.24, 2.45) is 11.8 Å². The fourth-order valence-corrected chi connectivity index (χ4v) is 15.9. The Balaban J connectivity index is 0.000000301. The van der Waals surface area contributed by atoms with Gasteiger partial charge in [-0.1, -0.05) is 110 Å². The zero-order valence-electron chi connectivity index (χ0n) is 29.3. The molecule has 238 valence electrons. The molecule has 5 heteroatoms. The van der Waals surface area contributed by atoms with Gasteiger partial charge in [-0.3, -0.25) is 0 Å². The lowest BCUT2D eigenvalue weighted by molar-refractivity contribution is 0.173. The van der Waals surface area contributed by atoms with E-state index in [1.165, 1.54) is 29.5 Å². The zero-order valence-corrected chi connectivity index (χ0v) is 31.3. The van der Waals surface area contributed by atoms with E-state index in [0.29, 0.717) is 21.9 Å².